The van der Waals surface area contributed by atoms with Crippen LogP contribution < -0.4 is 4.74 Å². The molecule has 0 radical (unpaired) electrons. The van der Waals surface area contributed by atoms with E-state index in [9.17, 15) is 4.79 Å². The first kappa shape index (κ1) is 22.9. The Hall–Kier alpha value is -2.91. The zero-order chi connectivity index (χ0) is 23.5. The third-order valence-electron chi connectivity index (χ3n) is 6.06. The van der Waals surface area contributed by atoms with Gasteiger partial charge in [-0.3, -0.25) is 4.79 Å². The highest BCUT2D eigenvalue weighted by Crippen LogP contribution is 2.37. The third kappa shape index (κ3) is 4.54. The van der Waals surface area contributed by atoms with Crippen LogP contribution in [-0.4, -0.2) is 53.7 Å². The van der Waals surface area contributed by atoms with Crippen LogP contribution in [0.2, 0.25) is 0 Å². The van der Waals surface area contributed by atoms with Gasteiger partial charge in [0.15, 0.2) is 0 Å². The predicted octanol–water partition coefficient (Wildman–Crippen LogP) is 5.70. The molecule has 174 valence electrons. The molecule has 5 rings (SSSR count). The van der Waals surface area contributed by atoms with Crippen LogP contribution in [0.1, 0.15) is 22.8 Å². The molecule has 0 atom stereocenters. The first-order valence-electron chi connectivity index (χ1n) is 11.4. The highest BCUT2D eigenvalue weighted by Gasteiger charge is 2.19. The minimum absolute atomic E-state index is 0.0400. The number of nitrogens with one attached hydrogen (secondary N) is 1. The second kappa shape index (κ2) is 10.1. The lowest BCUT2D eigenvalue weighted by Crippen LogP contribution is -2.40. The van der Waals surface area contributed by atoms with E-state index >= 15 is 0 Å². The summed E-state index contributed by atoms with van der Waals surface area (Å²) in [5, 5.41) is 1.02. The van der Waals surface area contributed by atoms with Gasteiger partial charge in [0, 0.05) is 57.6 Å². The number of carbonyl (C=O) groups is 1. The number of hydrogen-bond donors (Lipinski definition) is 1. The third-order valence-corrected chi connectivity index (χ3v) is 6.94. The van der Waals surface area contributed by atoms with Crippen LogP contribution in [0, 0.1) is 0 Å². The molecular weight excluding hydrogens is 541 g/mol. The van der Waals surface area contributed by atoms with Gasteiger partial charge >= 0.3 is 0 Å². The van der Waals surface area contributed by atoms with Crippen molar-refractivity contribution in [2.45, 2.75) is 11.4 Å². The molecule has 0 bridgehead atoms. The topological polar surface area (TPSA) is 67.5 Å². The smallest absolute Gasteiger partial charge is 0.254 e. The standard InChI is InChI=1S/C27H26IN3O3/c1-2-34-25-12-18(15-28)6-7-22(25)24-17-30-26-23(24)14-21(16-29-26)19-4-3-5-20(13-19)27(32)31-8-10-33-11-9-31/h3-7,12-14,16-17H,2,8-11,15H2,1H3,(H,29,30). The number of halogens is 1. The van der Waals surface area contributed by atoms with E-state index in [0.29, 0.717) is 38.5 Å². The molecule has 2 aromatic heterocycles. The maximum absolute atomic E-state index is 13.0. The van der Waals surface area contributed by atoms with Gasteiger partial charge in [0.05, 0.1) is 19.8 Å². The Kier molecular flexibility index (Phi) is 6.82. The molecule has 0 unspecified atom stereocenters. The van der Waals surface area contributed by atoms with Gasteiger partial charge in [-0.1, -0.05) is 46.9 Å². The molecule has 1 saturated heterocycles. The number of nitrogens with zero attached hydrogens (tertiary/aromatic N) is 2. The van der Waals surface area contributed by atoms with Crippen LogP contribution in [0.15, 0.2) is 60.9 Å². The number of benzene rings is 2. The highest BCUT2D eigenvalue weighted by atomic mass is 127. The van der Waals surface area contributed by atoms with Crippen LogP contribution in [0.25, 0.3) is 33.3 Å². The van der Waals surface area contributed by atoms with Gasteiger partial charge in [0.1, 0.15) is 11.4 Å². The van der Waals surface area contributed by atoms with Gasteiger partial charge < -0.3 is 19.4 Å². The summed E-state index contributed by atoms with van der Waals surface area (Å²) in [5.74, 6) is 0.916. The molecule has 6 nitrogen and oxygen atoms in total. The van der Waals surface area contributed by atoms with E-state index in [1.54, 1.807) is 0 Å². The van der Waals surface area contributed by atoms with Gasteiger partial charge in [0.2, 0.25) is 0 Å². The van der Waals surface area contributed by atoms with E-state index in [1.807, 2.05) is 48.5 Å². The molecular formula is C27H26IN3O3. The van der Waals surface area contributed by atoms with Crippen LogP contribution in [0.3, 0.4) is 0 Å². The Balaban J connectivity index is 1.53. The van der Waals surface area contributed by atoms with Crippen molar-refractivity contribution < 1.29 is 14.3 Å². The fourth-order valence-corrected chi connectivity index (χ4v) is 4.79. The summed E-state index contributed by atoms with van der Waals surface area (Å²) in [6.07, 6.45) is 3.84. The number of fused-ring (bicyclic) bond motifs is 1. The Morgan fingerprint density at radius 3 is 2.76 bits per heavy atom. The number of pyridine rings is 1. The van der Waals surface area contributed by atoms with Crippen LogP contribution in [0.4, 0.5) is 0 Å². The van der Waals surface area contributed by atoms with Crippen LogP contribution >= 0.6 is 22.6 Å². The minimum Gasteiger partial charge on any atom is -0.493 e. The fraction of sp³-hybridized carbons (Fsp3) is 0.259. The summed E-state index contributed by atoms with van der Waals surface area (Å²) >= 11 is 2.36. The fourth-order valence-electron chi connectivity index (χ4n) is 4.31. The molecule has 1 fully saturated rings. The molecule has 2 aromatic carbocycles. The van der Waals surface area contributed by atoms with Crippen molar-refractivity contribution >= 4 is 39.5 Å². The van der Waals surface area contributed by atoms with Gasteiger partial charge in [-0.05, 0) is 42.3 Å². The minimum atomic E-state index is 0.0400. The molecule has 0 aliphatic carbocycles. The van der Waals surface area contributed by atoms with Crippen molar-refractivity contribution in [2.24, 2.45) is 0 Å². The summed E-state index contributed by atoms with van der Waals surface area (Å²) < 4.78 is 12.3. The van der Waals surface area contributed by atoms with E-state index in [4.69, 9.17) is 9.47 Å². The molecule has 0 saturated carbocycles. The van der Waals surface area contributed by atoms with Crippen LogP contribution in [-0.2, 0) is 9.16 Å². The van der Waals surface area contributed by atoms with Crippen molar-refractivity contribution in [3.63, 3.8) is 0 Å². The predicted molar refractivity (Wildman–Crippen MR) is 143 cm³/mol. The average Bonchev–Trinajstić information content (AvgIpc) is 3.32. The molecule has 0 spiro atoms. The molecule has 4 aromatic rings. The quantitative estimate of drug-likeness (QED) is 0.240. The van der Waals surface area contributed by atoms with Gasteiger partial charge in [-0.15, -0.1) is 0 Å². The number of H-pyrrole nitrogens is 1. The number of morpholine rings is 1. The highest BCUT2D eigenvalue weighted by molar-refractivity contribution is 14.1. The normalized spacial score (nSPS) is 13.9. The first-order chi connectivity index (χ1) is 16.7. The largest absolute Gasteiger partial charge is 0.493 e. The molecule has 1 aliphatic rings. The summed E-state index contributed by atoms with van der Waals surface area (Å²) in [4.78, 5) is 22.8. The maximum atomic E-state index is 13.0. The second-order valence-corrected chi connectivity index (χ2v) is 8.97. The molecule has 7 heteroatoms. The van der Waals surface area contributed by atoms with E-state index in [2.05, 4.69) is 56.8 Å². The Morgan fingerprint density at radius 1 is 1.12 bits per heavy atom. The molecule has 1 amide bonds. The number of carbonyl (C=O) groups excluding carboxylic acids is 1. The van der Waals surface area contributed by atoms with Crippen molar-refractivity contribution in [3.05, 3.63) is 72.1 Å². The SMILES string of the molecule is CCOc1cc(CI)ccc1-c1c[nH]c2ncc(-c3cccc(C(=O)N4CCOCC4)c3)cc12. The van der Waals surface area contributed by atoms with Crippen molar-refractivity contribution in [1.29, 1.82) is 0 Å². The average molecular weight is 567 g/mol. The van der Waals surface area contributed by atoms with Crippen molar-refractivity contribution in [3.8, 4) is 28.0 Å². The number of hydrogen-bond acceptors (Lipinski definition) is 4. The van der Waals surface area contributed by atoms with E-state index in [0.717, 1.165) is 43.5 Å². The monoisotopic (exact) mass is 567 g/mol. The van der Waals surface area contributed by atoms with E-state index in [1.165, 1.54) is 5.56 Å². The Morgan fingerprint density at radius 2 is 1.97 bits per heavy atom. The number of alkyl halides is 1. The summed E-state index contributed by atoms with van der Waals surface area (Å²) in [6, 6.07) is 16.3. The van der Waals surface area contributed by atoms with E-state index in [-0.39, 0.29) is 5.91 Å². The van der Waals surface area contributed by atoms with Crippen molar-refractivity contribution in [1.82, 2.24) is 14.9 Å². The lowest BCUT2D eigenvalue weighted by atomic mass is 9.99. The maximum Gasteiger partial charge on any atom is 0.254 e. The van der Waals surface area contributed by atoms with Crippen molar-refractivity contribution in [2.75, 3.05) is 32.9 Å². The first-order valence-corrected chi connectivity index (χ1v) is 13.0. The summed E-state index contributed by atoms with van der Waals surface area (Å²) in [5.41, 5.74) is 6.75. The van der Waals surface area contributed by atoms with Crippen LogP contribution in [0.5, 0.6) is 5.75 Å². The molecule has 1 N–H and O–H groups in total. The van der Waals surface area contributed by atoms with Gasteiger partial charge in [-0.25, -0.2) is 4.98 Å². The molecule has 34 heavy (non-hydrogen) atoms. The number of aromatic amines is 1. The van der Waals surface area contributed by atoms with Gasteiger partial charge in [-0.2, -0.15) is 0 Å². The Labute approximate surface area is 212 Å². The lowest BCUT2D eigenvalue weighted by Gasteiger charge is -2.27. The number of rotatable bonds is 6. The number of amides is 1. The van der Waals surface area contributed by atoms with E-state index < -0.39 is 0 Å². The molecule has 3 heterocycles. The second-order valence-electron chi connectivity index (χ2n) is 8.21. The Bertz CT molecular complexity index is 1330. The zero-order valence-corrected chi connectivity index (χ0v) is 21.2. The summed E-state index contributed by atoms with van der Waals surface area (Å²) in [7, 11) is 0. The van der Waals surface area contributed by atoms with Gasteiger partial charge in [0.25, 0.3) is 5.91 Å². The number of aromatic nitrogens is 2. The zero-order valence-electron chi connectivity index (χ0n) is 19.0. The molecule has 1 aliphatic heterocycles. The lowest BCUT2D eigenvalue weighted by molar-refractivity contribution is 0.0303. The number of ether oxygens (including phenoxy) is 2. The summed E-state index contributed by atoms with van der Waals surface area (Å²) in [6.45, 7) is 5.04.